The second-order valence-electron chi connectivity index (χ2n) is 8.08. The Morgan fingerprint density at radius 3 is 2.75 bits per heavy atom. The van der Waals surface area contributed by atoms with E-state index in [1.807, 2.05) is 0 Å². The normalized spacial score (nSPS) is 33.1. The summed E-state index contributed by atoms with van der Waals surface area (Å²) in [5.74, 6) is 2.97. The molecule has 1 unspecified atom stereocenters. The van der Waals surface area contributed by atoms with E-state index in [0.717, 1.165) is 50.3 Å². The molecular weight excluding hydrogens is 300 g/mol. The minimum Gasteiger partial charge on any atom is -0.378 e. The molecule has 5 nitrogen and oxygen atoms in total. The maximum atomic E-state index is 5.76. The van der Waals surface area contributed by atoms with E-state index in [0.29, 0.717) is 11.5 Å². The first-order chi connectivity index (χ1) is 11.7. The second-order valence-corrected chi connectivity index (χ2v) is 8.08. The van der Waals surface area contributed by atoms with Crippen LogP contribution in [-0.2, 0) is 4.74 Å². The third kappa shape index (κ3) is 3.10. The van der Waals surface area contributed by atoms with Crippen molar-refractivity contribution in [2.24, 2.45) is 11.3 Å². The van der Waals surface area contributed by atoms with Crippen molar-refractivity contribution in [3.05, 3.63) is 12.4 Å². The largest absolute Gasteiger partial charge is 0.378 e. The minimum absolute atomic E-state index is 0.477. The van der Waals surface area contributed by atoms with E-state index in [9.17, 15) is 0 Å². The zero-order valence-electron chi connectivity index (χ0n) is 15.1. The number of aromatic nitrogens is 2. The van der Waals surface area contributed by atoms with Gasteiger partial charge in [-0.3, -0.25) is 0 Å². The molecule has 0 N–H and O–H groups in total. The molecule has 4 rings (SSSR count). The number of hydrogen-bond donors (Lipinski definition) is 0. The quantitative estimate of drug-likeness (QED) is 0.848. The van der Waals surface area contributed by atoms with Gasteiger partial charge in [0.25, 0.3) is 0 Å². The lowest BCUT2D eigenvalue weighted by Crippen LogP contribution is -2.44. The molecule has 1 spiro atoms. The molecule has 1 aromatic rings. The fourth-order valence-electron chi connectivity index (χ4n) is 4.80. The Morgan fingerprint density at radius 2 is 2.00 bits per heavy atom. The van der Waals surface area contributed by atoms with Crippen molar-refractivity contribution >= 4 is 11.6 Å². The number of piperidine rings is 1. The average molecular weight is 330 g/mol. The Morgan fingerprint density at radius 1 is 1.21 bits per heavy atom. The summed E-state index contributed by atoms with van der Waals surface area (Å²) >= 11 is 0. The van der Waals surface area contributed by atoms with E-state index >= 15 is 0 Å². The van der Waals surface area contributed by atoms with Gasteiger partial charge in [-0.2, -0.15) is 0 Å². The summed E-state index contributed by atoms with van der Waals surface area (Å²) in [4.78, 5) is 14.0. The highest BCUT2D eigenvalue weighted by atomic mass is 16.5. The predicted octanol–water partition coefficient (Wildman–Crippen LogP) is 3.11. The van der Waals surface area contributed by atoms with Gasteiger partial charge in [0.15, 0.2) is 0 Å². The Hall–Kier alpha value is -1.36. The van der Waals surface area contributed by atoms with Gasteiger partial charge in [0.05, 0.1) is 6.10 Å². The molecule has 2 aliphatic heterocycles. The van der Waals surface area contributed by atoms with Gasteiger partial charge in [-0.15, -0.1) is 0 Å². The molecule has 1 aliphatic carbocycles. The molecule has 24 heavy (non-hydrogen) atoms. The molecule has 3 fully saturated rings. The highest BCUT2D eigenvalue weighted by Crippen LogP contribution is 2.50. The van der Waals surface area contributed by atoms with Gasteiger partial charge in [0, 0.05) is 38.9 Å². The summed E-state index contributed by atoms with van der Waals surface area (Å²) < 4.78 is 5.76. The number of anilines is 2. The smallest absolute Gasteiger partial charge is 0.134 e. The van der Waals surface area contributed by atoms with Crippen LogP contribution in [0.1, 0.15) is 46.0 Å². The summed E-state index contributed by atoms with van der Waals surface area (Å²) in [7, 11) is 0. The van der Waals surface area contributed by atoms with Gasteiger partial charge in [0.1, 0.15) is 18.0 Å². The van der Waals surface area contributed by atoms with Crippen molar-refractivity contribution in [2.75, 3.05) is 42.6 Å². The molecule has 3 aliphatic rings. The van der Waals surface area contributed by atoms with Crippen molar-refractivity contribution in [1.29, 1.82) is 0 Å². The summed E-state index contributed by atoms with van der Waals surface area (Å²) in [5.41, 5.74) is 0.477. The van der Waals surface area contributed by atoms with Crippen LogP contribution in [0.4, 0.5) is 11.6 Å². The lowest BCUT2D eigenvalue weighted by Gasteiger charge is -2.44. The van der Waals surface area contributed by atoms with E-state index in [2.05, 4.69) is 39.7 Å². The first kappa shape index (κ1) is 16.1. The van der Waals surface area contributed by atoms with Gasteiger partial charge >= 0.3 is 0 Å². The highest BCUT2D eigenvalue weighted by Gasteiger charge is 2.49. The standard InChI is InChI=1S/C19H30N4O/c1-3-24-16-10-19(11-16)6-8-23(13-19)18-9-17(20-14-21-18)22-7-4-5-15(2)12-22/h9,14-16H,3-8,10-13H2,1-2H3. The first-order valence-corrected chi connectivity index (χ1v) is 9.61. The van der Waals surface area contributed by atoms with Gasteiger partial charge in [-0.25, -0.2) is 9.97 Å². The molecule has 2 saturated heterocycles. The SMILES string of the molecule is CCOC1CC2(CCN(c3cc(N4CCCC(C)C4)ncn3)C2)C1. The second kappa shape index (κ2) is 6.51. The summed E-state index contributed by atoms with van der Waals surface area (Å²) in [5, 5.41) is 0. The fourth-order valence-corrected chi connectivity index (χ4v) is 4.80. The highest BCUT2D eigenvalue weighted by molar-refractivity contribution is 5.51. The van der Waals surface area contributed by atoms with Gasteiger partial charge in [-0.1, -0.05) is 6.92 Å². The number of ether oxygens (including phenoxy) is 1. The predicted molar refractivity (Wildman–Crippen MR) is 96.6 cm³/mol. The lowest BCUT2D eigenvalue weighted by molar-refractivity contribution is -0.0669. The number of nitrogens with zero attached hydrogens (tertiary/aromatic N) is 4. The molecule has 0 bridgehead atoms. The topological polar surface area (TPSA) is 41.5 Å². The molecule has 0 radical (unpaired) electrons. The zero-order valence-corrected chi connectivity index (χ0v) is 15.1. The zero-order chi connectivity index (χ0) is 16.6. The van der Waals surface area contributed by atoms with Crippen LogP contribution in [0.3, 0.4) is 0 Å². The van der Waals surface area contributed by atoms with Crippen LogP contribution in [0.15, 0.2) is 12.4 Å². The fraction of sp³-hybridized carbons (Fsp3) is 0.789. The third-order valence-electron chi connectivity index (χ3n) is 6.11. The van der Waals surface area contributed by atoms with Gasteiger partial charge in [-0.05, 0) is 50.4 Å². The molecule has 0 amide bonds. The van der Waals surface area contributed by atoms with E-state index in [1.165, 1.54) is 32.1 Å². The van der Waals surface area contributed by atoms with Crippen molar-refractivity contribution in [3.8, 4) is 0 Å². The van der Waals surface area contributed by atoms with E-state index in [4.69, 9.17) is 4.74 Å². The van der Waals surface area contributed by atoms with E-state index < -0.39 is 0 Å². The molecule has 0 aromatic carbocycles. The number of hydrogen-bond acceptors (Lipinski definition) is 5. The van der Waals surface area contributed by atoms with Crippen LogP contribution in [0.5, 0.6) is 0 Å². The van der Waals surface area contributed by atoms with Crippen molar-refractivity contribution in [3.63, 3.8) is 0 Å². The third-order valence-corrected chi connectivity index (χ3v) is 6.11. The summed E-state index contributed by atoms with van der Waals surface area (Å²) in [6, 6.07) is 2.20. The molecule has 1 saturated carbocycles. The molecule has 132 valence electrons. The van der Waals surface area contributed by atoms with Crippen LogP contribution in [0, 0.1) is 11.3 Å². The lowest BCUT2D eigenvalue weighted by atomic mass is 9.66. The van der Waals surface area contributed by atoms with E-state index in [1.54, 1.807) is 6.33 Å². The maximum absolute atomic E-state index is 5.76. The summed E-state index contributed by atoms with van der Waals surface area (Å²) in [6.45, 7) is 9.76. The molecule has 1 aromatic heterocycles. The Balaban J connectivity index is 1.41. The Kier molecular flexibility index (Phi) is 4.37. The average Bonchev–Trinajstić information content (AvgIpc) is 3.00. The van der Waals surface area contributed by atoms with Crippen LogP contribution in [0.2, 0.25) is 0 Å². The van der Waals surface area contributed by atoms with Crippen molar-refractivity contribution < 1.29 is 4.74 Å². The summed E-state index contributed by atoms with van der Waals surface area (Å²) in [6.07, 6.45) is 8.56. The Labute approximate surface area is 145 Å². The van der Waals surface area contributed by atoms with Crippen LogP contribution >= 0.6 is 0 Å². The molecule has 1 atom stereocenters. The minimum atomic E-state index is 0.477. The monoisotopic (exact) mass is 330 g/mol. The maximum Gasteiger partial charge on any atom is 0.134 e. The molecular formula is C19H30N4O. The van der Waals surface area contributed by atoms with Gasteiger partial charge in [0.2, 0.25) is 0 Å². The number of rotatable bonds is 4. The Bertz CT molecular complexity index is 572. The molecule has 3 heterocycles. The van der Waals surface area contributed by atoms with Crippen LogP contribution < -0.4 is 9.80 Å². The van der Waals surface area contributed by atoms with Gasteiger partial charge < -0.3 is 14.5 Å². The van der Waals surface area contributed by atoms with Crippen LogP contribution in [0.25, 0.3) is 0 Å². The first-order valence-electron chi connectivity index (χ1n) is 9.61. The molecule has 5 heteroatoms. The van der Waals surface area contributed by atoms with E-state index in [-0.39, 0.29) is 0 Å². The van der Waals surface area contributed by atoms with Crippen molar-refractivity contribution in [2.45, 2.75) is 52.1 Å². The van der Waals surface area contributed by atoms with Crippen LogP contribution in [-0.4, -0.2) is 48.9 Å². The van der Waals surface area contributed by atoms with Crippen molar-refractivity contribution in [1.82, 2.24) is 9.97 Å².